The molecule has 5 nitrogen and oxygen atoms in total. The first-order valence-electron chi connectivity index (χ1n) is 5.67. The Kier molecular flexibility index (Phi) is 4.14. The normalized spacial score (nSPS) is 12.0. The number of nitrogens with zero attached hydrogens (tertiary/aromatic N) is 4. The van der Waals surface area contributed by atoms with E-state index in [9.17, 15) is 0 Å². The van der Waals surface area contributed by atoms with E-state index in [0.29, 0.717) is 13.1 Å². The van der Waals surface area contributed by atoms with Gasteiger partial charge < -0.3 is 5.32 Å². The fourth-order valence-corrected chi connectivity index (χ4v) is 2.85. The van der Waals surface area contributed by atoms with Gasteiger partial charge in [-0.2, -0.15) is 0 Å². The summed E-state index contributed by atoms with van der Waals surface area (Å²) in [5.41, 5.74) is 0.0558. The number of rotatable bonds is 4. The lowest BCUT2D eigenvalue weighted by Gasteiger charge is -2.19. The third-order valence-corrected chi connectivity index (χ3v) is 4.28. The minimum Gasteiger partial charge on any atom is -0.305 e. The number of hydrogen-bond acceptors (Lipinski definition) is 5. The van der Waals surface area contributed by atoms with E-state index in [2.05, 4.69) is 62.9 Å². The molecular weight excluding hydrogens is 314 g/mol. The lowest BCUT2D eigenvalue weighted by atomic mass is 10.1. The van der Waals surface area contributed by atoms with E-state index in [1.807, 2.05) is 10.7 Å². The lowest BCUT2D eigenvalue weighted by molar-refractivity contribution is 0.410. The minimum absolute atomic E-state index is 0.0558. The van der Waals surface area contributed by atoms with Gasteiger partial charge in [-0.1, -0.05) is 0 Å². The van der Waals surface area contributed by atoms with E-state index in [0.717, 1.165) is 10.3 Å². The van der Waals surface area contributed by atoms with Crippen LogP contribution in [-0.4, -0.2) is 25.7 Å². The Labute approximate surface area is 119 Å². The number of nitrogens with one attached hydrogen (secondary N) is 1. The Bertz CT molecular complexity index is 513. The first-order valence-corrected chi connectivity index (χ1v) is 7.35. The van der Waals surface area contributed by atoms with Crippen LogP contribution >= 0.6 is 27.3 Å². The van der Waals surface area contributed by atoms with Crippen molar-refractivity contribution in [2.24, 2.45) is 0 Å². The summed E-state index contributed by atoms with van der Waals surface area (Å²) in [6.07, 6.45) is 0. The molecule has 0 atom stereocenters. The molecule has 2 aromatic heterocycles. The first kappa shape index (κ1) is 13.6. The van der Waals surface area contributed by atoms with Gasteiger partial charge in [-0.25, -0.2) is 4.68 Å². The molecule has 0 amide bonds. The van der Waals surface area contributed by atoms with Crippen molar-refractivity contribution < 1.29 is 0 Å². The molecule has 0 aliphatic carbocycles. The molecule has 0 saturated heterocycles. The van der Waals surface area contributed by atoms with Crippen LogP contribution in [0.4, 0.5) is 0 Å². The van der Waals surface area contributed by atoms with Gasteiger partial charge >= 0.3 is 0 Å². The van der Waals surface area contributed by atoms with E-state index in [1.165, 1.54) is 4.88 Å². The van der Waals surface area contributed by atoms with Gasteiger partial charge in [-0.05, 0) is 58.6 Å². The fraction of sp³-hybridized carbons (Fsp3) is 0.545. The number of thiophene rings is 1. The molecule has 98 valence electrons. The highest BCUT2D eigenvalue weighted by Crippen LogP contribution is 2.23. The Morgan fingerprint density at radius 2 is 2.22 bits per heavy atom. The van der Waals surface area contributed by atoms with Gasteiger partial charge in [-0.15, -0.1) is 16.4 Å². The van der Waals surface area contributed by atoms with Crippen LogP contribution in [-0.2, 0) is 13.1 Å². The SMILES string of the molecule is CC(C)(C)NCc1nnnn1Cc1sccc1Br. The maximum absolute atomic E-state index is 4.06. The predicted molar refractivity (Wildman–Crippen MR) is 75.5 cm³/mol. The van der Waals surface area contributed by atoms with Crippen molar-refractivity contribution in [2.75, 3.05) is 0 Å². The zero-order valence-corrected chi connectivity index (χ0v) is 13.0. The van der Waals surface area contributed by atoms with Crippen molar-refractivity contribution in [3.05, 3.63) is 26.6 Å². The summed E-state index contributed by atoms with van der Waals surface area (Å²) >= 11 is 5.22. The Hall–Kier alpha value is -0.790. The fourth-order valence-electron chi connectivity index (χ4n) is 1.39. The minimum atomic E-state index is 0.0558. The van der Waals surface area contributed by atoms with Crippen LogP contribution in [0.5, 0.6) is 0 Å². The Balaban J connectivity index is 2.06. The monoisotopic (exact) mass is 329 g/mol. The highest BCUT2D eigenvalue weighted by molar-refractivity contribution is 9.10. The van der Waals surface area contributed by atoms with Crippen LogP contribution in [0.25, 0.3) is 0 Å². The maximum Gasteiger partial charge on any atom is 0.165 e. The molecule has 0 aliphatic heterocycles. The van der Waals surface area contributed by atoms with Gasteiger partial charge in [0.2, 0.25) is 0 Å². The summed E-state index contributed by atoms with van der Waals surface area (Å²) in [4.78, 5) is 1.22. The van der Waals surface area contributed by atoms with Gasteiger partial charge in [0, 0.05) is 14.9 Å². The second-order valence-electron chi connectivity index (χ2n) is 5.05. The van der Waals surface area contributed by atoms with E-state index in [4.69, 9.17) is 0 Å². The third kappa shape index (κ3) is 3.60. The molecule has 2 rings (SSSR count). The molecule has 0 radical (unpaired) electrons. The van der Waals surface area contributed by atoms with Crippen LogP contribution in [0, 0.1) is 0 Å². The van der Waals surface area contributed by atoms with Gasteiger partial charge in [0.15, 0.2) is 5.82 Å². The van der Waals surface area contributed by atoms with E-state index >= 15 is 0 Å². The Morgan fingerprint density at radius 3 is 2.83 bits per heavy atom. The van der Waals surface area contributed by atoms with Crippen molar-refractivity contribution in [3.8, 4) is 0 Å². The second kappa shape index (κ2) is 5.46. The summed E-state index contributed by atoms with van der Waals surface area (Å²) in [6, 6.07) is 2.04. The molecule has 0 spiro atoms. The zero-order valence-electron chi connectivity index (χ0n) is 10.6. The average molecular weight is 330 g/mol. The molecule has 2 aromatic rings. The number of hydrogen-bond donors (Lipinski definition) is 1. The summed E-state index contributed by atoms with van der Waals surface area (Å²) in [5, 5.41) is 17.3. The molecule has 0 bridgehead atoms. The number of halogens is 1. The largest absolute Gasteiger partial charge is 0.305 e. The van der Waals surface area contributed by atoms with Gasteiger partial charge in [0.1, 0.15) is 0 Å². The highest BCUT2D eigenvalue weighted by Gasteiger charge is 2.13. The van der Waals surface area contributed by atoms with Gasteiger partial charge in [0.05, 0.1) is 13.1 Å². The Morgan fingerprint density at radius 1 is 1.44 bits per heavy atom. The molecular formula is C11H16BrN5S. The van der Waals surface area contributed by atoms with Crippen molar-refractivity contribution in [3.63, 3.8) is 0 Å². The molecule has 7 heteroatoms. The van der Waals surface area contributed by atoms with Crippen molar-refractivity contribution in [1.82, 2.24) is 25.5 Å². The van der Waals surface area contributed by atoms with E-state index in [1.54, 1.807) is 11.3 Å². The van der Waals surface area contributed by atoms with Crippen molar-refractivity contribution in [2.45, 2.75) is 39.4 Å². The van der Waals surface area contributed by atoms with Crippen LogP contribution in [0.1, 0.15) is 31.5 Å². The first-order chi connectivity index (χ1) is 8.46. The highest BCUT2D eigenvalue weighted by atomic mass is 79.9. The summed E-state index contributed by atoms with van der Waals surface area (Å²) in [6.45, 7) is 7.73. The quantitative estimate of drug-likeness (QED) is 0.935. The third-order valence-electron chi connectivity index (χ3n) is 2.37. The molecule has 0 aliphatic rings. The summed E-state index contributed by atoms with van der Waals surface area (Å²) in [7, 11) is 0. The second-order valence-corrected chi connectivity index (χ2v) is 6.90. The van der Waals surface area contributed by atoms with Crippen LogP contribution in [0.2, 0.25) is 0 Å². The smallest absolute Gasteiger partial charge is 0.165 e. The molecule has 0 aromatic carbocycles. The number of aromatic nitrogens is 4. The van der Waals surface area contributed by atoms with Gasteiger partial charge in [-0.3, -0.25) is 0 Å². The van der Waals surface area contributed by atoms with Crippen molar-refractivity contribution >= 4 is 27.3 Å². The standard InChI is InChI=1S/C11H16BrN5S/c1-11(2,3)13-6-10-14-15-16-17(10)7-9-8(12)4-5-18-9/h4-5,13H,6-7H2,1-3H3. The maximum atomic E-state index is 4.06. The zero-order chi connectivity index (χ0) is 13.2. The molecule has 18 heavy (non-hydrogen) atoms. The lowest BCUT2D eigenvalue weighted by Crippen LogP contribution is -2.36. The average Bonchev–Trinajstić information content (AvgIpc) is 2.86. The molecule has 2 heterocycles. The molecule has 0 unspecified atom stereocenters. The predicted octanol–water partition coefficient (Wildman–Crippen LogP) is 2.43. The van der Waals surface area contributed by atoms with E-state index < -0.39 is 0 Å². The summed E-state index contributed by atoms with van der Waals surface area (Å²) < 4.78 is 2.94. The van der Waals surface area contributed by atoms with Crippen LogP contribution in [0.15, 0.2) is 15.9 Å². The topological polar surface area (TPSA) is 55.6 Å². The van der Waals surface area contributed by atoms with Crippen LogP contribution in [0.3, 0.4) is 0 Å². The van der Waals surface area contributed by atoms with E-state index in [-0.39, 0.29) is 5.54 Å². The van der Waals surface area contributed by atoms with Crippen LogP contribution < -0.4 is 5.32 Å². The van der Waals surface area contributed by atoms with Crippen molar-refractivity contribution in [1.29, 1.82) is 0 Å². The van der Waals surface area contributed by atoms with Gasteiger partial charge in [0.25, 0.3) is 0 Å². The molecule has 0 saturated carbocycles. The molecule has 1 N–H and O–H groups in total. The molecule has 0 fully saturated rings. The summed E-state index contributed by atoms with van der Waals surface area (Å²) in [5.74, 6) is 0.852. The number of tetrazole rings is 1.